The molecule has 2 aromatic rings. The van der Waals surface area contributed by atoms with Crippen LogP contribution in [0.2, 0.25) is 0 Å². The summed E-state index contributed by atoms with van der Waals surface area (Å²) < 4.78 is 2.07. The van der Waals surface area contributed by atoms with E-state index in [0.29, 0.717) is 0 Å². The first kappa shape index (κ1) is 9.90. The molecular formula is C14H12N3. The molecule has 0 aliphatic carbocycles. The van der Waals surface area contributed by atoms with Crippen LogP contribution in [-0.2, 0) is 0 Å². The summed E-state index contributed by atoms with van der Waals surface area (Å²) in [4.78, 5) is 0. The van der Waals surface area contributed by atoms with Gasteiger partial charge in [0.2, 0.25) is 0 Å². The van der Waals surface area contributed by atoms with Gasteiger partial charge in [-0.05, 0) is 24.1 Å². The second-order valence-electron chi connectivity index (χ2n) is 4.03. The highest BCUT2D eigenvalue weighted by molar-refractivity contribution is 5.98. The molecular weight excluding hydrogens is 210 g/mol. The van der Waals surface area contributed by atoms with Crippen molar-refractivity contribution in [2.24, 2.45) is 5.10 Å². The summed E-state index contributed by atoms with van der Waals surface area (Å²) in [7, 11) is 0. The molecule has 83 valence electrons. The molecule has 0 bridgehead atoms. The Morgan fingerprint density at radius 2 is 1.94 bits per heavy atom. The van der Waals surface area contributed by atoms with Crippen molar-refractivity contribution in [2.75, 3.05) is 0 Å². The quantitative estimate of drug-likeness (QED) is 0.710. The van der Waals surface area contributed by atoms with Crippen molar-refractivity contribution in [3.8, 4) is 11.3 Å². The molecule has 17 heavy (non-hydrogen) atoms. The Hall–Kier alpha value is -2.29. The van der Waals surface area contributed by atoms with E-state index in [2.05, 4.69) is 46.4 Å². The van der Waals surface area contributed by atoms with Gasteiger partial charge in [-0.3, -0.25) is 4.57 Å². The molecule has 2 heterocycles. The third-order valence-electron chi connectivity index (χ3n) is 2.72. The lowest BCUT2D eigenvalue weighted by Crippen LogP contribution is -2.07. The van der Waals surface area contributed by atoms with E-state index in [1.165, 1.54) is 11.1 Å². The van der Waals surface area contributed by atoms with E-state index in [-0.39, 0.29) is 0 Å². The van der Waals surface area contributed by atoms with Crippen LogP contribution in [0.1, 0.15) is 5.56 Å². The Bertz CT molecular complexity index is 591. The molecule has 3 heteroatoms. The molecule has 1 aliphatic rings. The Morgan fingerprint density at radius 1 is 1.12 bits per heavy atom. The van der Waals surface area contributed by atoms with Gasteiger partial charge in [0, 0.05) is 12.3 Å². The summed E-state index contributed by atoms with van der Waals surface area (Å²) in [5.41, 5.74) is 7.41. The summed E-state index contributed by atoms with van der Waals surface area (Å²) in [5, 5.41) is 4.10. The van der Waals surface area contributed by atoms with Crippen LogP contribution in [0.3, 0.4) is 0 Å². The fourth-order valence-corrected chi connectivity index (χ4v) is 1.97. The van der Waals surface area contributed by atoms with Gasteiger partial charge in [-0.25, -0.2) is 0 Å². The van der Waals surface area contributed by atoms with Gasteiger partial charge in [0.1, 0.15) is 0 Å². The summed E-state index contributed by atoms with van der Waals surface area (Å²) >= 11 is 0. The van der Waals surface area contributed by atoms with Crippen LogP contribution in [-0.4, -0.2) is 10.4 Å². The van der Waals surface area contributed by atoms with Gasteiger partial charge in [0.25, 0.3) is 0 Å². The van der Waals surface area contributed by atoms with Crippen LogP contribution in [0, 0.1) is 6.92 Å². The molecule has 0 unspecified atom stereocenters. The van der Waals surface area contributed by atoms with E-state index in [1.54, 1.807) is 6.20 Å². The van der Waals surface area contributed by atoms with Gasteiger partial charge < -0.3 is 0 Å². The van der Waals surface area contributed by atoms with Crippen LogP contribution in [0.25, 0.3) is 11.3 Å². The lowest BCUT2D eigenvalue weighted by Gasteiger charge is -2.06. The molecule has 0 amide bonds. The zero-order chi connectivity index (χ0) is 11.7. The second kappa shape index (κ2) is 3.94. The van der Waals surface area contributed by atoms with Crippen LogP contribution < -0.4 is 5.43 Å². The average molecular weight is 222 g/mol. The van der Waals surface area contributed by atoms with E-state index in [9.17, 15) is 0 Å². The highest BCUT2D eigenvalue weighted by atomic mass is 15.3. The van der Waals surface area contributed by atoms with Crippen molar-refractivity contribution in [1.29, 1.82) is 0 Å². The van der Waals surface area contributed by atoms with Crippen molar-refractivity contribution < 1.29 is 0 Å². The topological polar surface area (TPSA) is 31.4 Å². The van der Waals surface area contributed by atoms with Crippen LogP contribution in [0.5, 0.6) is 0 Å². The lowest BCUT2D eigenvalue weighted by molar-refractivity contribution is 0.956. The van der Waals surface area contributed by atoms with Crippen molar-refractivity contribution in [3.63, 3.8) is 0 Å². The molecule has 0 fully saturated rings. The van der Waals surface area contributed by atoms with E-state index in [0.717, 1.165) is 11.5 Å². The number of aryl methyl sites for hydroxylation is 1. The summed E-state index contributed by atoms with van der Waals surface area (Å²) in [6, 6.07) is 12.5. The van der Waals surface area contributed by atoms with Crippen molar-refractivity contribution in [3.05, 3.63) is 60.4 Å². The zero-order valence-electron chi connectivity index (χ0n) is 9.54. The molecule has 0 spiro atoms. The lowest BCUT2D eigenvalue weighted by atomic mass is 10.1. The molecule has 1 aliphatic heterocycles. The fraction of sp³-hybridized carbons (Fsp3) is 0.0714. The number of benzene rings is 1. The number of hydrogen-bond donors (Lipinski definition) is 0. The molecule has 1 aromatic carbocycles. The molecule has 0 N–H and O–H groups in total. The van der Waals surface area contributed by atoms with Crippen molar-refractivity contribution >= 4 is 5.84 Å². The minimum atomic E-state index is 0.858. The van der Waals surface area contributed by atoms with Crippen LogP contribution in [0.4, 0.5) is 0 Å². The van der Waals surface area contributed by atoms with E-state index >= 15 is 0 Å². The van der Waals surface area contributed by atoms with Crippen LogP contribution in [0.15, 0.2) is 60.0 Å². The Kier molecular flexibility index (Phi) is 2.29. The van der Waals surface area contributed by atoms with E-state index < -0.39 is 0 Å². The Labute approximate surface area is 100 Å². The highest BCUT2D eigenvalue weighted by Crippen LogP contribution is 2.22. The third kappa shape index (κ3) is 1.76. The van der Waals surface area contributed by atoms with Crippen LogP contribution >= 0.6 is 0 Å². The maximum absolute atomic E-state index is 4.10. The van der Waals surface area contributed by atoms with Gasteiger partial charge in [-0.2, -0.15) is 5.43 Å². The number of hydrogen-bond acceptors (Lipinski definition) is 1. The SMILES string of the molecule is Cc1cc(-c2ccccc2)n(C2=N[N]C=C2)c1. The average Bonchev–Trinajstić information content (AvgIpc) is 2.98. The molecule has 0 saturated heterocycles. The first-order chi connectivity index (χ1) is 8.34. The second-order valence-corrected chi connectivity index (χ2v) is 4.03. The van der Waals surface area contributed by atoms with Gasteiger partial charge in [0.15, 0.2) is 5.84 Å². The molecule has 0 saturated carbocycles. The maximum atomic E-state index is 4.10. The van der Waals surface area contributed by atoms with E-state index in [4.69, 9.17) is 0 Å². The summed E-state index contributed by atoms with van der Waals surface area (Å²) in [6.45, 7) is 2.08. The van der Waals surface area contributed by atoms with Gasteiger partial charge in [-0.1, -0.05) is 30.3 Å². The van der Waals surface area contributed by atoms with Gasteiger partial charge in [0.05, 0.1) is 11.9 Å². The minimum absolute atomic E-state index is 0.858. The highest BCUT2D eigenvalue weighted by Gasteiger charge is 2.11. The van der Waals surface area contributed by atoms with Crippen molar-refractivity contribution in [1.82, 2.24) is 9.99 Å². The summed E-state index contributed by atoms with van der Waals surface area (Å²) in [5.74, 6) is 0.858. The first-order valence-corrected chi connectivity index (χ1v) is 5.54. The smallest absolute Gasteiger partial charge is 0.161 e. The molecule has 3 nitrogen and oxygen atoms in total. The molecule has 1 aromatic heterocycles. The standard InChI is InChI=1S/C14H12N3/c1-11-9-13(12-5-3-2-4-6-12)17(10-11)14-7-8-15-16-14/h2-10H,1H3. The molecule has 0 atom stereocenters. The monoisotopic (exact) mass is 222 g/mol. The molecule has 3 rings (SSSR count). The predicted octanol–water partition coefficient (Wildman–Crippen LogP) is 2.76. The maximum Gasteiger partial charge on any atom is 0.161 e. The van der Waals surface area contributed by atoms with Gasteiger partial charge in [-0.15, -0.1) is 5.10 Å². The number of nitrogens with zero attached hydrogens (tertiary/aromatic N) is 3. The van der Waals surface area contributed by atoms with Gasteiger partial charge >= 0.3 is 0 Å². The normalized spacial score (nSPS) is 13.6. The minimum Gasteiger partial charge on any atom is -0.299 e. The number of rotatable bonds is 1. The fourth-order valence-electron chi connectivity index (χ4n) is 1.97. The largest absolute Gasteiger partial charge is 0.299 e. The predicted molar refractivity (Wildman–Crippen MR) is 68.7 cm³/mol. The Balaban J connectivity index is 2.14. The summed E-state index contributed by atoms with van der Waals surface area (Å²) in [6.07, 6.45) is 5.69. The van der Waals surface area contributed by atoms with Crippen molar-refractivity contribution in [2.45, 2.75) is 6.92 Å². The first-order valence-electron chi connectivity index (χ1n) is 5.54. The third-order valence-corrected chi connectivity index (χ3v) is 2.72. The Morgan fingerprint density at radius 3 is 2.65 bits per heavy atom. The number of allylic oxidation sites excluding steroid dienone is 1. The molecule has 1 radical (unpaired) electrons. The number of aromatic nitrogens is 1. The zero-order valence-corrected chi connectivity index (χ0v) is 9.54. The van der Waals surface area contributed by atoms with E-state index in [1.807, 2.05) is 24.3 Å².